The quantitative estimate of drug-likeness (QED) is 0.690. The van der Waals surface area contributed by atoms with Gasteiger partial charge in [-0.05, 0) is 19.8 Å². The van der Waals surface area contributed by atoms with E-state index in [4.69, 9.17) is 4.74 Å². The number of hydrogen-bond donors (Lipinski definition) is 3. The molecule has 2 aliphatic rings. The normalized spacial score (nSPS) is 22.1. The fourth-order valence-corrected chi connectivity index (χ4v) is 4.59. The molecule has 154 valence electrons. The molecule has 2 aromatic rings. The molecule has 1 aromatic carbocycles. The summed E-state index contributed by atoms with van der Waals surface area (Å²) in [7, 11) is 1.31. The van der Waals surface area contributed by atoms with Gasteiger partial charge in [0.05, 0.1) is 12.6 Å². The van der Waals surface area contributed by atoms with Crippen molar-refractivity contribution in [3.8, 4) is 5.75 Å². The molecule has 1 saturated carbocycles. The zero-order valence-electron chi connectivity index (χ0n) is 15.8. The summed E-state index contributed by atoms with van der Waals surface area (Å²) in [5.41, 5.74) is 0.0785. The van der Waals surface area contributed by atoms with Crippen molar-refractivity contribution in [2.75, 3.05) is 13.7 Å². The summed E-state index contributed by atoms with van der Waals surface area (Å²) in [6, 6.07) is 0.447. The first-order chi connectivity index (χ1) is 13.8. The molecular formula is C19H20F2N4O3S. The van der Waals surface area contributed by atoms with Gasteiger partial charge in [-0.15, -0.1) is 11.3 Å². The molecule has 2 heterocycles. The molecule has 1 saturated heterocycles. The first-order valence-corrected chi connectivity index (χ1v) is 10.0. The summed E-state index contributed by atoms with van der Waals surface area (Å²) in [6.45, 7) is 1.89. The van der Waals surface area contributed by atoms with Gasteiger partial charge < -0.3 is 20.7 Å². The Labute approximate surface area is 169 Å². The van der Waals surface area contributed by atoms with Gasteiger partial charge in [-0.2, -0.15) is 0 Å². The van der Waals surface area contributed by atoms with Crippen LogP contribution in [0.2, 0.25) is 0 Å². The summed E-state index contributed by atoms with van der Waals surface area (Å²) in [5, 5.41) is 10.7. The van der Waals surface area contributed by atoms with Crippen LogP contribution in [0.1, 0.15) is 35.0 Å². The van der Waals surface area contributed by atoms with Crippen molar-refractivity contribution in [2.45, 2.75) is 37.3 Å². The van der Waals surface area contributed by atoms with Crippen LogP contribution in [0.5, 0.6) is 5.75 Å². The van der Waals surface area contributed by atoms with E-state index < -0.39 is 41.1 Å². The monoisotopic (exact) mass is 422 g/mol. The molecule has 0 spiro atoms. The van der Waals surface area contributed by atoms with Gasteiger partial charge in [0.25, 0.3) is 0 Å². The largest absolute Gasteiger partial charge is 0.497 e. The Hall–Kier alpha value is -2.75. The zero-order chi connectivity index (χ0) is 20.8. The number of amides is 3. The maximum Gasteiger partial charge on any atom is 0.316 e. The SMILES string of the molecule is COc1cc(F)c([C@@H]2CNC(=O)[C@H]2NC(=O)NC2(c3nc(C)cs3)CC2)c(F)c1. The summed E-state index contributed by atoms with van der Waals surface area (Å²) < 4.78 is 33.9. The van der Waals surface area contributed by atoms with Crippen LogP contribution in [-0.4, -0.2) is 36.6 Å². The fraction of sp³-hybridized carbons (Fsp3) is 0.421. The lowest BCUT2D eigenvalue weighted by atomic mass is 9.93. The van der Waals surface area contributed by atoms with E-state index in [1.165, 1.54) is 18.4 Å². The second-order valence-electron chi connectivity index (χ2n) is 7.31. The first kappa shape index (κ1) is 19.6. The molecule has 0 unspecified atom stereocenters. The average molecular weight is 422 g/mol. The molecule has 10 heteroatoms. The number of carbonyl (C=O) groups excluding carboxylic acids is 2. The van der Waals surface area contributed by atoms with Crippen molar-refractivity contribution < 1.29 is 23.1 Å². The molecule has 0 bridgehead atoms. The predicted octanol–water partition coefficient (Wildman–Crippen LogP) is 2.31. The molecule has 7 nitrogen and oxygen atoms in total. The lowest BCUT2D eigenvalue weighted by Crippen LogP contribution is -2.50. The average Bonchev–Trinajstić information content (AvgIpc) is 3.17. The Balaban J connectivity index is 1.52. The molecule has 1 aromatic heterocycles. The van der Waals surface area contributed by atoms with Gasteiger partial charge in [-0.25, -0.2) is 18.6 Å². The Kier molecular flexibility index (Phi) is 4.89. The lowest BCUT2D eigenvalue weighted by Gasteiger charge is -2.22. The Morgan fingerprint density at radius 1 is 1.34 bits per heavy atom. The van der Waals surface area contributed by atoms with Crippen molar-refractivity contribution in [2.24, 2.45) is 0 Å². The fourth-order valence-electron chi connectivity index (χ4n) is 3.57. The molecule has 3 N–H and O–H groups in total. The topological polar surface area (TPSA) is 92.4 Å². The van der Waals surface area contributed by atoms with E-state index in [-0.39, 0.29) is 17.9 Å². The molecular weight excluding hydrogens is 402 g/mol. The molecule has 0 radical (unpaired) electrons. The highest BCUT2D eigenvalue weighted by Crippen LogP contribution is 2.46. The maximum absolute atomic E-state index is 14.5. The highest BCUT2D eigenvalue weighted by Gasteiger charge is 2.49. The second kappa shape index (κ2) is 7.25. The number of rotatable bonds is 5. The van der Waals surface area contributed by atoms with E-state index in [9.17, 15) is 18.4 Å². The number of nitrogens with one attached hydrogen (secondary N) is 3. The molecule has 29 heavy (non-hydrogen) atoms. The van der Waals surface area contributed by atoms with Gasteiger partial charge in [0.2, 0.25) is 5.91 Å². The van der Waals surface area contributed by atoms with Crippen LogP contribution in [0.25, 0.3) is 0 Å². The van der Waals surface area contributed by atoms with Crippen LogP contribution in [0.4, 0.5) is 13.6 Å². The lowest BCUT2D eigenvalue weighted by molar-refractivity contribution is -0.120. The van der Waals surface area contributed by atoms with Crippen molar-refractivity contribution in [3.63, 3.8) is 0 Å². The van der Waals surface area contributed by atoms with E-state index in [1.807, 2.05) is 12.3 Å². The number of aromatic nitrogens is 1. The Bertz CT molecular complexity index is 953. The maximum atomic E-state index is 14.5. The third-order valence-electron chi connectivity index (χ3n) is 5.26. The third kappa shape index (κ3) is 3.64. The molecule has 2 fully saturated rings. The summed E-state index contributed by atoms with van der Waals surface area (Å²) in [5.74, 6) is -2.98. The minimum atomic E-state index is -1.10. The molecule has 2 atom stereocenters. The van der Waals surface area contributed by atoms with Crippen molar-refractivity contribution in [1.29, 1.82) is 0 Å². The van der Waals surface area contributed by atoms with Gasteiger partial charge in [-0.1, -0.05) is 0 Å². The summed E-state index contributed by atoms with van der Waals surface area (Å²) in [6.07, 6.45) is 1.49. The van der Waals surface area contributed by atoms with E-state index in [2.05, 4.69) is 20.9 Å². The number of aryl methyl sites for hydroxylation is 1. The van der Waals surface area contributed by atoms with Crippen LogP contribution >= 0.6 is 11.3 Å². The molecule has 1 aliphatic carbocycles. The highest BCUT2D eigenvalue weighted by atomic mass is 32.1. The van der Waals surface area contributed by atoms with E-state index >= 15 is 0 Å². The third-order valence-corrected chi connectivity index (χ3v) is 6.42. The standard InChI is InChI=1S/C19H20F2N4O3S/c1-9-8-29-17(23-9)19(3-4-19)25-18(27)24-15-11(7-22-16(15)26)14-12(20)5-10(28-2)6-13(14)21/h5-6,8,11,15H,3-4,7H2,1-2H3,(H,22,26)(H2,24,25,27)/t11-,15-/m0/s1. The van der Waals surface area contributed by atoms with Crippen LogP contribution in [-0.2, 0) is 10.3 Å². The van der Waals surface area contributed by atoms with Crippen LogP contribution in [0.15, 0.2) is 17.5 Å². The zero-order valence-corrected chi connectivity index (χ0v) is 16.7. The number of nitrogens with zero attached hydrogens (tertiary/aromatic N) is 1. The van der Waals surface area contributed by atoms with Gasteiger partial charge in [0.1, 0.15) is 28.4 Å². The molecule has 1 aliphatic heterocycles. The summed E-state index contributed by atoms with van der Waals surface area (Å²) in [4.78, 5) is 29.3. The predicted molar refractivity (Wildman–Crippen MR) is 102 cm³/mol. The van der Waals surface area contributed by atoms with Crippen LogP contribution in [0, 0.1) is 18.6 Å². The van der Waals surface area contributed by atoms with Gasteiger partial charge in [-0.3, -0.25) is 4.79 Å². The number of urea groups is 1. The molecule has 3 amide bonds. The van der Waals surface area contributed by atoms with E-state index in [0.29, 0.717) is 0 Å². The second-order valence-corrected chi connectivity index (χ2v) is 8.17. The Morgan fingerprint density at radius 2 is 2.03 bits per heavy atom. The number of hydrogen-bond acceptors (Lipinski definition) is 5. The van der Waals surface area contributed by atoms with Gasteiger partial charge in [0, 0.05) is 41.2 Å². The van der Waals surface area contributed by atoms with E-state index in [0.717, 1.165) is 35.7 Å². The van der Waals surface area contributed by atoms with Gasteiger partial charge >= 0.3 is 6.03 Å². The number of benzene rings is 1. The van der Waals surface area contributed by atoms with Crippen molar-refractivity contribution >= 4 is 23.3 Å². The number of ether oxygens (including phenoxy) is 1. The minimum Gasteiger partial charge on any atom is -0.497 e. The van der Waals surface area contributed by atoms with E-state index in [1.54, 1.807) is 0 Å². The summed E-state index contributed by atoms with van der Waals surface area (Å²) >= 11 is 1.47. The Morgan fingerprint density at radius 3 is 2.59 bits per heavy atom. The van der Waals surface area contributed by atoms with Crippen molar-refractivity contribution in [3.05, 3.63) is 45.4 Å². The number of halogens is 2. The number of methoxy groups -OCH3 is 1. The minimum absolute atomic E-state index is 0.0146. The van der Waals surface area contributed by atoms with Gasteiger partial charge in [0.15, 0.2) is 0 Å². The highest BCUT2D eigenvalue weighted by molar-refractivity contribution is 7.09. The van der Waals surface area contributed by atoms with Crippen LogP contribution in [0.3, 0.4) is 0 Å². The molecule has 4 rings (SSSR count). The smallest absolute Gasteiger partial charge is 0.316 e. The number of thiazole rings is 1. The van der Waals surface area contributed by atoms with Crippen molar-refractivity contribution in [1.82, 2.24) is 20.9 Å². The first-order valence-electron chi connectivity index (χ1n) is 9.15. The number of carbonyl (C=O) groups is 2. The van der Waals surface area contributed by atoms with Crippen LogP contribution < -0.4 is 20.7 Å².